The van der Waals surface area contributed by atoms with Crippen LogP contribution in [0.3, 0.4) is 0 Å². The molecule has 0 radical (unpaired) electrons. The number of aromatic hydroxyl groups is 1. The van der Waals surface area contributed by atoms with Crippen molar-refractivity contribution in [3.8, 4) is 11.5 Å². The predicted octanol–water partition coefficient (Wildman–Crippen LogP) is 4.58. The third kappa shape index (κ3) is 5.22. The van der Waals surface area contributed by atoms with E-state index >= 15 is 0 Å². The fourth-order valence-corrected chi connectivity index (χ4v) is 3.47. The van der Waals surface area contributed by atoms with E-state index in [-0.39, 0.29) is 45.8 Å². The number of fused-ring (bicyclic) bond motifs is 1. The summed E-state index contributed by atoms with van der Waals surface area (Å²) >= 11 is 0. The van der Waals surface area contributed by atoms with E-state index in [0.29, 0.717) is 0 Å². The van der Waals surface area contributed by atoms with Crippen molar-refractivity contribution < 1.29 is 38.5 Å². The smallest absolute Gasteiger partial charge is 0.346 e. The van der Waals surface area contributed by atoms with Crippen LogP contribution in [0, 0.1) is 0 Å². The lowest BCUT2D eigenvalue weighted by atomic mass is 9.87. The van der Waals surface area contributed by atoms with Crippen LogP contribution in [-0.2, 0) is 21.5 Å². The molecule has 3 aromatic rings. The van der Waals surface area contributed by atoms with Gasteiger partial charge < -0.3 is 19.3 Å². The van der Waals surface area contributed by atoms with E-state index in [9.17, 15) is 24.3 Å². The molecule has 0 bridgehead atoms. The van der Waals surface area contributed by atoms with Gasteiger partial charge in [0.2, 0.25) is 0 Å². The Labute approximate surface area is 201 Å². The molecule has 0 aliphatic carbocycles. The van der Waals surface area contributed by atoms with E-state index in [1.165, 1.54) is 30.3 Å². The maximum atomic E-state index is 12.5. The van der Waals surface area contributed by atoms with Crippen molar-refractivity contribution in [2.45, 2.75) is 32.8 Å². The Morgan fingerprint density at radius 2 is 1.51 bits per heavy atom. The van der Waals surface area contributed by atoms with Gasteiger partial charge in [0, 0.05) is 6.07 Å². The highest BCUT2D eigenvalue weighted by Gasteiger charge is 2.30. The van der Waals surface area contributed by atoms with Crippen LogP contribution in [0.1, 0.15) is 73.3 Å². The summed E-state index contributed by atoms with van der Waals surface area (Å²) in [5.41, 5.74) is 1.95. The zero-order chi connectivity index (χ0) is 25.3. The lowest BCUT2D eigenvalue weighted by Crippen LogP contribution is -2.11. The molecule has 1 aliphatic rings. The fourth-order valence-electron chi connectivity index (χ4n) is 3.47. The van der Waals surface area contributed by atoms with Crippen LogP contribution in [0.4, 0.5) is 0 Å². The van der Waals surface area contributed by atoms with Gasteiger partial charge in [0.1, 0.15) is 18.1 Å². The molecule has 0 saturated heterocycles. The van der Waals surface area contributed by atoms with Crippen LogP contribution >= 0.6 is 0 Å². The molecule has 35 heavy (non-hydrogen) atoms. The van der Waals surface area contributed by atoms with Crippen molar-refractivity contribution in [3.05, 3.63) is 94.0 Å². The summed E-state index contributed by atoms with van der Waals surface area (Å²) in [6.45, 7) is 6.34. The Balaban J connectivity index is 1.44. The molecule has 0 unspecified atom stereocenters. The van der Waals surface area contributed by atoms with Gasteiger partial charge in [0.05, 0.1) is 22.3 Å². The maximum Gasteiger partial charge on any atom is 0.346 e. The molecule has 1 N–H and O–H groups in total. The number of hydrogen-bond acceptors (Lipinski definition) is 8. The van der Waals surface area contributed by atoms with E-state index in [1.54, 1.807) is 0 Å². The summed E-state index contributed by atoms with van der Waals surface area (Å²) in [4.78, 5) is 48.4. The Morgan fingerprint density at radius 1 is 0.829 bits per heavy atom. The van der Waals surface area contributed by atoms with Gasteiger partial charge in [-0.2, -0.15) is 0 Å². The molecule has 0 fully saturated rings. The minimum atomic E-state index is -0.858. The fraction of sp³-hybridized carbons (Fsp3) is 0.185. The average molecular weight is 474 g/mol. The number of cyclic esters (lactones) is 2. The summed E-state index contributed by atoms with van der Waals surface area (Å²) < 4.78 is 15.1. The van der Waals surface area contributed by atoms with Gasteiger partial charge in [-0.1, -0.05) is 45.0 Å². The summed E-state index contributed by atoms with van der Waals surface area (Å²) in [5.74, 6) is -3.61. The molecule has 3 aromatic carbocycles. The molecule has 1 heterocycles. The summed E-state index contributed by atoms with van der Waals surface area (Å²) in [6, 6.07) is 15.1. The number of esters is 4. The second-order valence-corrected chi connectivity index (χ2v) is 9.07. The number of carbonyl (C=O) groups is 4. The van der Waals surface area contributed by atoms with Crippen molar-refractivity contribution >= 4 is 23.9 Å². The van der Waals surface area contributed by atoms with E-state index < -0.39 is 23.9 Å². The first-order valence-corrected chi connectivity index (χ1v) is 10.7. The quantitative estimate of drug-likeness (QED) is 0.325. The highest BCUT2D eigenvalue weighted by Crippen LogP contribution is 2.26. The minimum Gasteiger partial charge on any atom is -0.508 e. The number of phenols is 1. The molecule has 0 aromatic heterocycles. The van der Waals surface area contributed by atoms with Crippen molar-refractivity contribution in [1.29, 1.82) is 0 Å². The summed E-state index contributed by atoms with van der Waals surface area (Å²) in [7, 11) is 0. The number of hydrogen-bond donors (Lipinski definition) is 1. The second kappa shape index (κ2) is 9.06. The van der Waals surface area contributed by atoms with Crippen LogP contribution in [0.2, 0.25) is 0 Å². The monoisotopic (exact) mass is 474 g/mol. The van der Waals surface area contributed by atoms with Gasteiger partial charge in [-0.3, -0.25) is 0 Å². The molecule has 0 atom stereocenters. The van der Waals surface area contributed by atoms with Crippen LogP contribution < -0.4 is 4.74 Å². The molecule has 0 spiro atoms. The number of phenolic OH excluding ortho intramolecular Hbond substituents is 1. The zero-order valence-corrected chi connectivity index (χ0v) is 19.3. The molecular formula is C27H22O8. The maximum absolute atomic E-state index is 12.5. The first-order valence-electron chi connectivity index (χ1n) is 10.7. The minimum absolute atomic E-state index is 0.00510. The first kappa shape index (κ1) is 23.7. The van der Waals surface area contributed by atoms with Crippen LogP contribution in [0.5, 0.6) is 11.5 Å². The van der Waals surface area contributed by atoms with Gasteiger partial charge in [-0.25, -0.2) is 19.2 Å². The average Bonchev–Trinajstić information content (AvgIpc) is 3.09. The van der Waals surface area contributed by atoms with E-state index in [2.05, 4.69) is 25.5 Å². The van der Waals surface area contributed by atoms with Gasteiger partial charge in [-0.15, -0.1) is 0 Å². The van der Waals surface area contributed by atoms with Gasteiger partial charge in [-0.05, 0) is 46.9 Å². The number of benzene rings is 3. The van der Waals surface area contributed by atoms with Gasteiger partial charge in [0.25, 0.3) is 0 Å². The molecule has 1 aliphatic heterocycles. The van der Waals surface area contributed by atoms with Crippen molar-refractivity contribution in [3.63, 3.8) is 0 Å². The molecule has 8 heteroatoms. The Bertz CT molecular complexity index is 1350. The molecular weight excluding hydrogens is 452 g/mol. The van der Waals surface area contributed by atoms with Crippen molar-refractivity contribution in [2.24, 2.45) is 0 Å². The van der Waals surface area contributed by atoms with E-state index in [0.717, 1.165) is 17.2 Å². The SMILES string of the molecule is CC(C)(C)c1ccc(COC(=O)c2cc(O)cc(OC(=O)c3ccc4c(c3)C(=O)OC4=O)c2)cc1. The Kier molecular flexibility index (Phi) is 6.13. The third-order valence-corrected chi connectivity index (χ3v) is 5.41. The number of ether oxygens (including phenoxy) is 3. The highest BCUT2D eigenvalue weighted by atomic mass is 16.6. The van der Waals surface area contributed by atoms with Gasteiger partial charge in [0.15, 0.2) is 0 Å². The lowest BCUT2D eigenvalue weighted by Gasteiger charge is -2.19. The molecule has 0 amide bonds. The zero-order valence-electron chi connectivity index (χ0n) is 19.3. The Morgan fingerprint density at radius 3 is 2.20 bits per heavy atom. The standard InChI is InChI=1S/C27H22O8/c1-27(2,3)18-7-4-15(5-8-18)14-33-23(29)17-10-19(28)13-20(11-17)34-24(30)16-6-9-21-22(12-16)26(32)35-25(21)31/h4-13,28H,14H2,1-3H3. The van der Waals surface area contributed by atoms with E-state index in [4.69, 9.17) is 9.47 Å². The third-order valence-electron chi connectivity index (χ3n) is 5.41. The predicted molar refractivity (Wildman–Crippen MR) is 124 cm³/mol. The van der Waals surface area contributed by atoms with Crippen LogP contribution in [-0.4, -0.2) is 29.0 Å². The number of carbonyl (C=O) groups excluding carboxylic acids is 4. The summed E-state index contributed by atoms with van der Waals surface area (Å²) in [6.07, 6.45) is 0. The lowest BCUT2D eigenvalue weighted by molar-refractivity contribution is 0.0439. The largest absolute Gasteiger partial charge is 0.508 e. The van der Waals surface area contributed by atoms with Gasteiger partial charge >= 0.3 is 23.9 Å². The second-order valence-electron chi connectivity index (χ2n) is 9.07. The van der Waals surface area contributed by atoms with Crippen molar-refractivity contribution in [1.82, 2.24) is 0 Å². The molecule has 4 rings (SSSR count). The normalized spacial score (nSPS) is 12.7. The van der Waals surface area contributed by atoms with Crippen LogP contribution in [0.25, 0.3) is 0 Å². The molecule has 8 nitrogen and oxygen atoms in total. The van der Waals surface area contributed by atoms with Crippen LogP contribution in [0.15, 0.2) is 60.7 Å². The van der Waals surface area contributed by atoms with Crippen molar-refractivity contribution in [2.75, 3.05) is 0 Å². The summed E-state index contributed by atoms with van der Waals surface area (Å²) in [5, 5.41) is 10.0. The highest BCUT2D eigenvalue weighted by molar-refractivity contribution is 6.15. The molecule has 0 saturated carbocycles. The topological polar surface area (TPSA) is 116 Å². The van der Waals surface area contributed by atoms with E-state index in [1.807, 2.05) is 24.3 Å². The molecule has 178 valence electrons. The first-order chi connectivity index (χ1) is 16.5. The Hall–Kier alpha value is -4.46. The number of rotatable bonds is 5.